The summed E-state index contributed by atoms with van der Waals surface area (Å²) >= 11 is 1.26. The van der Waals surface area contributed by atoms with E-state index in [0.29, 0.717) is 16.2 Å². The molecule has 0 fully saturated rings. The zero-order chi connectivity index (χ0) is 21.1. The molecule has 3 rings (SSSR count). The van der Waals surface area contributed by atoms with Crippen molar-refractivity contribution in [2.45, 2.75) is 39.3 Å². The fourth-order valence-corrected chi connectivity index (χ4v) is 4.55. The molecule has 0 saturated carbocycles. The van der Waals surface area contributed by atoms with Gasteiger partial charge in [0.05, 0.1) is 11.3 Å². The minimum absolute atomic E-state index is 0.0128. The summed E-state index contributed by atoms with van der Waals surface area (Å²) in [5.74, 6) is -0.309. The van der Waals surface area contributed by atoms with Crippen molar-refractivity contribution in [1.82, 2.24) is 9.55 Å². The Bertz CT molecular complexity index is 1070. The first kappa shape index (κ1) is 20.9. The molecule has 29 heavy (non-hydrogen) atoms. The van der Waals surface area contributed by atoms with Crippen molar-refractivity contribution < 1.29 is 9.59 Å². The van der Waals surface area contributed by atoms with Gasteiger partial charge in [-0.1, -0.05) is 42.1 Å². The average Bonchev–Trinajstić information content (AvgIpc) is 2.94. The molecule has 2 heterocycles. The van der Waals surface area contributed by atoms with E-state index in [1.165, 1.54) is 17.3 Å². The molecule has 0 atom stereocenters. The molecular formula is C23H25N3O2S. The van der Waals surface area contributed by atoms with Crippen molar-refractivity contribution in [3.63, 3.8) is 0 Å². The van der Waals surface area contributed by atoms with E-state index in [2.05, 4.69) is 21.7 Å². The molecular weight excluding hydrogens is 382 g/mol. The Morgan fingerprint density at radius 3 is 2.41 bits per heavy atom. The van der Waals surface area contributed by atoms with Crippen LogP contribution in [0.1, 0.15) is 48.9 Å². The SMILES string of the molecule is Cc1cc(C)c(C(N)=O)c(SCC(=O)c2cc(C)n(Cc3ccccc3)c2C)n1. The number of carbonyl (C=O) groups is 2. The van der Waals surface area contributed by atoms with Gasteiger partial charge in [-0.15, -0.1) is 0 Å². The van der Waals surface area contributed by atoms with E-state index in [-0.39, 0.29) is 11.5 Å². The summed E-state index contributed by atoms with van der Waals surface area (Å²) in [6.45, 7) is 8.40. The normalized spacial score (nSPS) is 10.9. The lowest BCUT2D eigenvalue weighted by atomic mass is 10.1. The zero-order valence-corrected chi connectivity index (χ0v) is 18.0. The Hall–Kier alpha value is -2.86. The predicted molar refractivity (Wildman–Crippen MR) is 117 cm³/mol. The summed E-state index contributed by atoms with van der Waals surface area (Å²) in [4.78, 5) is 29.2. The number of hydrogen-bond donors (Lipinski definition) is 1. The van der Waals surface area contributed by atoms with Crippen LogP contribution in [0.15, 0.2) is 47.5 Å². The number of Topliss-reactive ketones (excluding diaryl/α,β-unsaturated/α-hetero) is 1. The fourth-order valence-electron chi connectivity index (χ4n) is 3.51. The van der Waals surface area contributed by atoms with Gasteiger partial charge in [0.1, 0.15) is 5.03 Å². The largest absolute Gasteiger partial charge is 0.366 e. The Kier molecular flexibility index (Phi) is 6.23. The molecule has 2 aromatic heterocycles. The molecule has 150 valence electrons. The standard InChI is InChI=1S/C23H25N3O2S/c1-14-10-15(2)25-23(21(14)22(24)28)29-13-20(27)19-11-16(3)26(17(19)4)12-18-8-6-5-7-9-18/h5-11H,12-13H2,1-4H3,(H2,24,28). The van der Waals surface area contributed by atoms with Crippen LogP contribution < -0.4 is 5.73 Å². The van der Waals surface area contributed by atoms with Crippen molar-refractivity contribution in [2.24, 2.45) is 5.73 Å². The van der Waals surface area contributed by atoms with Crippen molar-refractivity contribution in [3.8, 4) is 0 Å². The topological polar surface area (TPSA) is 78.0 Å². The van der Waals surface area contributed by atoms with Crippen LogP contribution in [-0.2, 0) is 6.54 Å². The molecule has 1 amide bonds. The van der Waals surface area contributed by atoms with Crippen molar-refractivity contribution in [3.05, 3.63) is 81.8 Å². The summed E-state index contributed by atoms with van der Waals surface area (Å²) in [6.07, 6.45) is 0. The van der Waals surface area contributed by atoms with Crippen LogP contribution in [0, 0.1) is 27.7 Å². The number of rotatable bonds is 7. The number of pyridine rings is 1. The molecule has 3 aromatic rings. The molecule has 0 unspecified atom stereocenters. The van der Waals surface area contributed by atoms with E-state index in [4.69, 9.17) is 5.73 Å². The highest BCUT2D eigenvalue weighted by molar-refractivity contribution is 8.00. The van der Waals surface area contributed by atoms with E-state index in [1.54, 1.807) is 0 Å². The predicted octanol–water partition coefficient (Wildman–Crippen LogP) is 4.24. The van der Waals surface area contributed by atoms with Gasteiger partial charge in [-0.05, 0) is 51.0 Å². The Morgan fingerprint density at radius 1 is 1.07 bits per heavy atom. The van der Waals surface area contributed by atoms with Gasteiger partial charge in [-0.2, -0.15) is 0 Å². The van der Waals surface area contributed by atoms with Crippen LogP contribution in [0.5, 0.6) is 0 Å². The van der Waals surface area contributed by atoms with E-state index >= 15 is 0 Å². The number of carbonyl (C=O) groups excluding carboxylic acids is 2. The second-order valence-corrected chi connectivity index (χ2v) is 8.16. The number of aromatic nitrogens is 2. The van der Waals surface area contributed by atoms with Gasteiger partial charge in [0.25, 0.3) is 5.91 Å². The molecule has 0 aliphatic heterocycles. The fraction of sp³-hybridized carbons (Fsp3) is 0.261. The first-order chi connectivity index (χ1) is 13.8. The third kappa shape index (κ3) is 4.59. The number of amides is 1. The van der Waals surface area contributed by atoms with Crippen LogP contribution in [0.4, 0.5) is 0 Å². The van der Waals surface area contributed by atoms with Crippen molar-refractivity contribution in [1.29, 1.82) is 0 Å². The molecule has 2 N–H and O–H groups in total. The Morgan fingerprint density at radius 2 is 1.76 bits per heavy atom. The number of thioether (sulfide) groups is 1. The van der Waals surface area contributed by atoms with Crippen LogP contribution in [0.25, 0.3) is 0 Å². The quantitative estimate of drug-likeness (QED) is 0.469. The van der Waals surface area contributed by atoms with Crippen LogP contribution >= 0.6 is 11.8 Å². The van der Waals surface area contributed by atoms with Crippen LogP contribution in [-0.4, -0.2) is 27.0 Å². The monoisotopic (exact) mass is 407 g/mol. The van der Waals surface area contributed by atoms with Crippen molar-refractivity contribution in [2.75, 3.05) is 5.75 Å². The van der Waals surface area contributed by atoms with E-state index in [0.717, 1.165) is 29.2 Å². The average molecular weight is 408 g/mol. The molecule has 6 heteroatoms. The van der Waals surface area contributed by atoms with Crippen LogP contribution in [0.2, 0.25) is 0 Å². The summed E-state index contributed by atoms with van der Waals surface area (Å²) < 4.78 is 2.15. The second kappa shape index (κ2) is 8.66. The van der Waals surface area contributed by atoms with Gasteiger partial charge in [0, 0.05) is 29.2 Å². The lowest BCUT2D eigenvalue weighted by molar-refractivity contribution is 0.0992. The second-order valence-electron chi connectivity index (χ2n) is 7.19. The highest BCUT2D eigenvalue weighted by Crippen LogP contribution is 2.26. The van der Waals surface area contributed by atoms with E-state index < -0.39 is 5.91 Å². The first-order valence-corrected chi connectivity index (χ1v) is 10.4. The zero-order valence-electron chi connectivity index (χ0n) is 17.2. The number of ketones is 1. The van der Waals surface area contributed by atoms with Crippen molar-refractivity contribution >= 4 is 23.5 Å². The number of aryl methyl sites for hydroxylation is 3. The molecule has 0 saturated heterocycles. The van der Waals surface area contributed by atoms with E-state index in [1.807, 2.05) is 58.0 Å². The minimum Gasteiger partial charge on any atom is -0.366 e. The minimum atomic E-state index is -0.522. The van der Waals surface area contributed by atoms with Gasteiger partial charge in [0.15, 0.2) is 5.78 Å². The maximum absolute atomic E-state index is 12.9. The van der Waals surface area contributed by atoms with Crippen LogP contribution in [0.3, 0.4) is 0 Å². The number of nitrogens with two attached hydrogens (primary N) is 1. The molecule has 0 bridgehead atoms. The molecule has 0 radical (unpaired) electrons. The number of primary amides is 1. The van der Waals surface area contributed by atoms with Gasteiger partial charge >= 0.3 is 0 Å². The van der Waals surface area contributed by atoms with Gasteiger partial charge < -0.3 is 10.3 Å². The summed E-state index contributed by atoms with van der Waals surface area (Å²) in [5.41, 5.74) is 11.4. The lowest BCUT2D eigenvalue weighted by Crippen LogP contribution is -2.16. The molecule has 5 nitrogen and oxygen atoms in total. The smallest absolute Gasteiger partial charge is 0.251 e. The summed E-state index contributed by atoms with van der Waals surface area (Å²) in [6, 6.07) is 13.9. The lowest BCUT2D eigenvalue weighted by Gasteiger charge is -2.11. The maximum Gasteiger partial charge on any atom is 0.251 e. The highest BCUT2D eigenvalue weighted by atomic mass is 32.2. The molecule has 0 aliphatic carbocycles. The molecule has 1 aromatic carbocycles. The third-order valence-corrected chi connectivity index (χ3v) is 5.93. The number of benzene rings is 1. The number of hydrogen-bond acceptors (Lipinski definition) is 4. The molecule has 0 spiro atoms. The maximum atomic E-state index is 12.9. The summed E-state index contributed by atoms with van der Waals surface area (Å²) in [7, 11) is 0. The summed E-state index contributed by atoms with van der Waals surface area (Å²) in [5, 5.41) is 0.515. The van der Waals surface area contributed by atoms with Gasteiger partial charge in [0.2, 0.25) is 0 Å². The van der Waals surface area contributed by atoms with E-state index in [9.17, 15) is 9.59 Å². The van der Waals surface area contributed by atoms with Gasteiger partial charge in [-0.25, -0.2) is 4.98 Å². The molecule has 0 aliphatic rings. The third-order valence-electron chi connectivity index (χ3n) is 4.96. The Balaban J connectivity index is 1.81. The number of nitrogens with zero attached hydrogens (tertiary/aromatic N) is 2. The van der Waals surface area contributed by atoms with Gasteiger partial charge in [-0.3, -0.25) is 9.59 Å². The first-order valence-electron chi connectivity index (χ1n) is 9.42. The Labute approximate surface area is 175 Å². The highest BCUT2D eigenvalue weighted by Gasteiger charge is 2.19.